The van der Waals surface area contributed by atoms with Crippen molar-refractivity contribution < 1.29 is 4.79 Å². The first-order valence-electron chi connectivity index (χ1n) is 7.06. The molecule has 1 aliphatic heterocycles. The third-order valence-corrected chi connectivity index (χ3v) is 3.67. The highest BCUT2D eigenvalue weighted by molar-refractivity contribution is 5.94. The van der Waals surface area contributed by atoms with Gasteiger partial charge in [-0.25, -0.2) is 0 Å². The van der Waals surface area contributed by atoms with Crippen molar-refractivity contribution >= 4 is 17.3 Å². The van der Waals surface area contributed by atoms with Crippen LogP contribution in [0.25, 0.3) is 0 Å². The number of hydrogen-bond donors (Lipinski definition) is 2. The Morgan fingerprint density at radius 2 is 2.20 bits per heavy atom. The average Bonchev–Trinajstić information content (AvgIpc) is 2.93. The lowest BCUT2D eigenvalue weighted by Gasteiger charge is -2.18. The molecule has 1 aromatic heterocycles. The van der Waals surface area contributed by atoms with E-state index in [2.05, 4.69) is 46.7 Å². The second-order valence-electron chi connectivity index (χ2n) is 5.12. The zero-order valence-corrected chi connectivity index (χ0v) is 11.6. The van der Waals surface area contributed by atoms with Gasteiger partial charge >= 0.3 is 0 Å². The molecule has 0 atom stereocenters. The first kappa shape index (κ1) is 12.8. The van der Waals surface area contributed by atoms with Gasteiger partial charge < -0.3 is 15.2 Å². The Kier molecular flexibility index (Phi) is 3.46. The van der Waals surface area contributed by atoms with E-state index in [1.165, 1.54) is 11.1 Å². The number of aromatic nitrogens is 1. The second kappa shape index (κ2) is 5.41. The number of nitrogens with one attached hydrogen (secondary N) is 2. The van der Waals surface area contributed by atoms with Gasteiger partial charge in [-0.15, -0.1) is 0 Å². The van der Waals surface area contributed by atoms with Crippen molar-refractivity contribution in [1.82, 2.24) is 4.57 Å². The van der Waals surface area contributed by atoms with Crippen LogP contribution >= 0.6 is 0 Å². The minimum atomic E-state index is 0.110. The molecule has 20 heavy (non-hydrogen) atoms. The van der Waals surface area contributed by atoms with Crippen LogP contribution < -0.4 is 10.6 Å². The topological polar surface area (TPSA) is 46.1 Å². The third kappa shape index (κ3) is 2.69. The molecule has 1 amide bonds. The van der Waals surface area contributed by atoms with Gasteiger partial charge in [0.2, 0.25) is 5.91 Å². The number of aryl methyl sites for hydroxylation is 2. The van der Waals surface area contributed by atoms with Crippen LogP contribution in [0, 0.1) is 0 Å². The summed E-state index contributed by atoms with van der Waals surface area (Å²) in [6.45, 7) is 3.95. The van der Waals surface area contributed by atoms with E-state index >= 15 is 0 Å². The summed E-state index contributed by atoms with van der Waals surface area (Å²) in [6, 6.07) is 8.26. The molecule has 0 spiro atoms. The number of nitrogens with zero attached hydrogens (tertiary/aromatic N) is 1. The van der Waals surface area contributed by atoms with Gasteiger partial charge in [-0.3, -0.25) is 4.79 Å². The summed E-state index contributed by atoms with van der Waals surface area (Å²) >= 11 is 0. The smallest absolute Gasteiger partial charge is 0.224 e. The highest BCUT2D eigenvalue weighted by Gasteiger charge is 2.14. The maximum absolute atomic E-state index is 11.3. The van der Waals surface area contributed by atoms with Gasteiger partial charge in [0, 0.05) is 43.3 Å². The Bertz CT molecular complexity index is 630. The highest BCUT2D eigenvalue weighted by atomic mass is 16.1. The van der Waals surface area contributed by atoms with Crippen LogP contribution in [-0.2, 0) is 24.3 Å². The molecule has 0 saturated heterocycles. The molecule has 2 N–H and O–H groups in total. The van der Waals surface area contributed by atoms with E-state index in [0.717, 1.165) is 30.9 Å². The Morgan fingerprint density at radius 1 is 1.30 bits per heavy atom. The second-order valence-corrected chi connectivity index (χ2v) is 5.12. The maximum Gasteiger partial charge on any atom is 0.224 e. The van der Waals surface area contributed by atoms with Gasteiger partial charge in [0.25, 0.3) is 0 Å². The van der Waals surface area contributed by atoms with Crippen molar-refractivity contribution in [1.29, 1.82) is 0 Å². The molecule has 0 saturated carbocycles. The molecule has 104 valence electrons. The van der Waals surface area contributed by atoms with Crippen molar-refractivity contribution in [2.45, 2.75) is 32.9 Å². The number of carbonyl (C=O) groups excluding carboxylic acids is 1. The first-order valence-corrected chi connectivity index (χ1v) is 7.06. The van der Waals surface area contributed by atoms with Gasteiger partial charge in [-0.1, -0.05) is 0 Å². The van der Waals surface area contributed by atoms with E-state index in [1.54, 1.807) is 0 Å². The van der Waals surface area contributed by atoms with Crippen LogP contribution in [0.5, 0.6) is 0 Å². The van der Waals surface area contributed by atoms with Crippen LogP contribution in [0.2, 0.25) is 0 Å². The third-order valence-electron chi connectivity index (χ3n) is 3.67. The molecule has 0 aliphatic carbocycles. The van der Waals surface area contributed by atoms with Crippen molar-refractivity contribution in [3.8, 4) is 0 Å². The van der Waals surface area contributed by atoms with Crippen molar-refractivity contribution in [2.75, 3.05) is 10.6 Å². The zero-order chi connectivity index (χ0) is 13.9. The molecular formula is C16H19N3O. The van der Waals surface area contributed by atoms with Gasteiger partial charge in [-0.2, -0.15) is 0 Å². The molecule has 3 rings (SSSR count). The van der Waals surface area contributed by atoms with Crippen LogP contribution in [-0.4, -0.2) is 10.5 Å². The predicted molar refractivity (Wildman–Crippen MR) is 80.8 cm³/mol. The maximum atomic E-state index is 11.3. The van der Waals surface area contributed by atoms with Gasteiger partial charge in [0.15, 0.2) is 0 Å². The molecule has 0 unspecified atom stereocenters. The van der Waals surface area contributed by atoms with E-state index < -0.39 is 0 Å². The van der Waals surface area contributed by atoms with E-state index in [1.807, 2.05) is 12.1 Å². The lowest BCUT2D eigenvalue weighted by atomic mass is 10.0. The largest absolute Gasteiger partial charge is 0.381 e. The van der Waals surface area contributed by atoms with Crippen LogP contribution in [0.4, 0.5) is 11.4 Å². The fourth-order valence-corrected chi connectivity index (χ4v) is 2.49. The zero-order valence-electron chi connectivity index (χ0n) is 11.6. The minimum absolute atomic E-state index is 0.110. The Labute approximate surface area is 118 Å². The summed E-state index contributed by atoms with van der Waals surface area (Å²) in [5, 5.41) is 6.34. The molecule has 0 fully saturated rings. The molecule has 2 aromatic rings. The highest BCUT2D eigenvalue weighted by Crippen LogP contribution is 2.25. The monoisotopic (exact) mass is 269 g/mol. The molecule has 4 nitrogen and oxygen atoms in total. The summed E-state index contributed by atoms with van der Waals surface area (Å²) in [7, 11) is 0. The van der Waals surface area contributed by atoms with Crippen molar-refractivity contribution in [2.24, 2.45) is 0 Å². The van der Waals surface area contributed by atoms with Crippen LogP contribution in [0.3, 0.4) is 0 Å². The summed E-state index contributed by atoms with van der Waals surface area (Å²) < 4.78 is 2.17. The molecule has 0 radical (unpaired) electrons. The SMILES string of the molecule is CCn1ccc(CNc2ccc3c(c2)CCC(=O)N3)c1. The number of hydrogen-bond acceptors (Lipinski definition) is 2. The van der Waals surface area contributed by atoms with Crippen molar-refractivity contribution in [3.05, 3.63) is 47.8 Å². The van der Waals surface area contributed by atoms with Gasteiger partial charge in [-0.05, 0) is 48.7 Å². The van der Waals surface area contributed by atoms with Gasteiger partial charge in [0.1, 0.15) is 0 Å². The average molecular weight is 269 g/mol. The predicted octanol–water partition coefficient (Wildman–Crippen LogP) is 3.00. The van der Waals surface area contributed by atoms with E-state index in [0.29, 0.717) is 6.42 Å². The molecule has 1 aromatic carbocycles. The minimum Gasteiger partial charge on any atom is -0.381 e. The molecule has 4 heteroatoms. The molecular weight excluding hydrogens is 250 g/mol. The number of fused-ring (bicyclic) bond motifs is 1. The summed E-state index contributed by atoms with van der Waals surface area (Å²) in [5.41, 5.74) is 4.53. The first-order chi connectivity index (χ1) is 9.74. The summed E-state index contributed by atoms with van der Waals surface area (Å²) in [6.07, 6.45) is 5.66. The molecule has 1 aliphatic rings. The Hall–Kier alpha value is -2.23. The lowest BCUT2D eigenvalue weighted by molar-refractivity contribution is -0.116. The number of rotatable bonds is 4. The van der Waals surface area contributed by atoms with E-state index in [4.69, 9.17) is 0 Å². The summed E-state index contributed by atoms with van der Waals surface area (Å²) in [5.74, 6) is 0.110. The Balaban J connectivity index is 1.67. The quantitative estimate of drug-likeness (QED) is 0.896. The van der Waals surface area contributed by atoms with Crippen LogP contribution in [0.1, 0.15) is 24.5 Å². The standard InChI is InChI=1S/C16H19N3O/c1-2-19-8-7-12(11-19)10-17-14-4-5-15-13(9-14)3-6-16(20)18-15/h4-5,7-9,11,17H,2-3,6,10H2,1H3,(H,18,20). The molecule has 0 bridgehead atoms. The van der Waals surface area contributed by atoms with E-state index in [-0.39, 0.29) is 5.91 Å². The molecule has 2 heterocycles. The summed E-state index contributed by atoms with van der Waals surface area (Å²) in [4.78, 5) is 11.3. The van der Waals surface area contributed by atoms with E-state index in [9.17, 15) is 4.79 Å². The normalized spacial score (nSPS) is 13.8. The number of amides is 1. The fraction of sp³-hybridized carbons (Fsp3) is 0.312. The van der Waals surface area contributed by atoms with Crippen molar-refractivity contribution in [3.63, 3.8) is 0 Å². The van der Waals surface area contributed by atoms with Crippen LogP contribution in [0.15, 0.2) is 36.7 Å². The number of carbonyl (C=O) groups is 1. The lowest BCUT2D eigenvalue weighted by Crippen LogP contribution is -2.18. The fourth-order valence-electron chi connectivity index (χ4n) is 2.49. The van der Waals surface area contributed by atoms with Gasteiger partial charge in [0.05, 0.1) is 0 Å². The Morgan fingerprint density at radius 3 is 3.00 bits per heavy atom. The number of benzene rings is 1. The number of anilines is 2.